The Morgan fingerprint density at radius 1 is 1.23 bits per heavy atom. The lowest BCUT2D eigenvalue weighted by atomic mass is 9.95. The molecule has 1 saturated heterocycles. The molecule has 0 aliphatic carbocycles. The van der Waals surface area contributed by atoms with Crippen LogP contribution in [0.25, 0.3) is 11.0 Å². The number of methoxy groups -OCH3 is 1. The third-order valence-electron chi connectivity index (χ3n) is 4.90. The number of ether oxygens (including phenoxy) is 1. The fourth-order valence-electron chi connectivity index (χ4n) is 3.49. The number of carbonyl (C=O) groups excluding carboxylic acids is 1. The largest absolute Gasteiger partial charge is 0.493 e. The van der Waals surface area contributed by atoms with Gasteiger partial charge in [0.15, 0.2) is 11.3 Å². The van der Waals surface area contributed by atoms with E-state index in [-0.39, 0.29) is 11.5 Å². The second-order valence-electron chi connectivity index (χ2n) is 6.41. The predicted molar refractivity (Wildman–Crippen MR) is 101 cm³/mol. The van der Waals surface area contributed by atoms with Gasteiger partial charge in [-0.15, -0.1) is 11.3 Å². The Hall–Kier alpha value is -2.60. The normalized spacial score (nSPS) is 15.3. The Kier molecular flexibility index (Phi) is 4.51. The summed E-state index contributed by atoms with van der Waals surface area (Å²) < 4.78 is 10.6. The minimum atomic E-state index is -0.618. The van der Waals surface area contributed by atoms with Crippen molar-refractivity contribution in [3.63, 3.8) is 0 Å². The molecule has 1 aromatic carbocycles. The molecule has 6 heteroatoms. The summed E-state index contributed by atoms with van der Waals surface area (Å²) >= 11 is 1.76. The Bertz CT molecular complexity index is 985. The molecule has 0 saturated carbocycles. The van der Waals surface area contributed by atoms with Gasteiger partial charge in [0.1, 0.15) is 5.56 Å². The first-order valence-corrected chi connectivity index (χ1v) is 9.49. The van der Waals surface area contributed by atoms with Crippen molar-refractivity contribution in [2.24, 2.45) is 0 Å². The van der Waals surface area contributed by atoms with Gasteiger partial charge in [-0.2, -0.15) is 0 Å². The highest BCUT2D eigenvalue weighted by Gasteiger charge is 2.27. The molecule has 0 bridgehead atoms. The van der Waals surface area contributed by atoms with Crippen molar-refractivity contribution < 1.29 is 13.9 Å². The van der Waals surface area contributed by atoms with Crippen molar-refractivity contribution in [1.29, 1.82) is 0 Å². The molecule has 0 N–H and O–H groups in total. The van der Waals surface area contributed by atoms with Crippen LogP contribution in [0.4, 0.5) is 0 Å². The first-order chi connectivity index (χ1) is 12.7. The summed E-state index contributed by atoms with van der Waals surface area (Å²) in [6, 6.07) is 11.2. The molecule has 1 fully saturated rings. The summed E-state index contributed by atoms with van der Waals surface area (Å²) in [5, 5.41) is 2.77. The summed E-state index contributed by atoms with van der Waals surface area (Å²) in [5.41, 5.74) is -0.166. The first-order valence-electron chi connectivity index (χ1n) is 8.61. The van der Waals surface area contributed by atoms with E-state index in [1.54, 1.807) is 34.4 Å². The summed E-state index contributed by atoms with van der Waals surface area (Å²) in [5.74, 6) is 0.722. The minimum absolute atomic E-state index is 0.0836. The number of amides is 1. The number of thiophene rings is 1. The van der Waals surface area contributed by atoms with Crippen molar-refractivity contribution in [3.05, 3.63) is 62.6 Å². The number of fused-ring (bicyclic) bond motifs is 1. The molecule has 3 heterocycles. The molecule has 0 atom stereocenters. The van der Waals surface area contributed by atoms with E-state index in [4.69, 9.17) is 9.15 Å². The molecule has 134 valence electrons. The molecule has 0 unspecified atom stereocenters. The van der Waals surface area contributed by atoms with Gasteiger partial charge in [-0.1, -0.05) is 18.2 Å². The van der Waals surface area contributed by atoms with E-state index in [0.717, 1.165) is 12.8 Å². The van der Waals surface area contributed by atoms with Gasteiger partial charge < -0.3 is 14.1 Å². The standard InChI is InChI=1S/C20H19NO4S/c1-24-16-5-2-4-14-12-15(20(23)25-18(14)16)19(22)21-9-7-13(8-10-21)17-6-3-11-26-17/h2-6,11-13H,7-10H2,1H3. The van der Waals surface area contributed by atoms with Crippen LogP contribution >= 0.6 is 11.3 Å². The number of para-hydroxylation sites is 1. The molecular weight excluding hydrogens is 350 g/mol. The van der Waals surface area contributed by atoms with E-state index in [0.29, 0.717) is 35.7 Å². The maximum Gasteiger partial charge on any atom is 0.349 e. The van der Waals surface area contributed by atoms with Crippen LogP contribution in [0, 0.1) is 0 Å². The Morgan fingerprint density at radius 2 is 2.04 bits per heavy atom. The maximum atomic E-state index is 12.8. The molecule has 2 aromatic heterocycles. The Labute approximate surface area is 154 Å². The van der Waals surface area contributed by atoms with Crippen LogP contribution in [0.1, 0.15) is 34.0 Å². The van der Waals surface area contributed by atoms with E-state index in [9.17, 15) is 9.59 Å². The highest BCUT2D eigenvalue weighted by molar-refractivity contribution is 7.10. The number of likely N-dealkylation sites (tertiary alicyclic amines) is 1. The van der Waals surface area contributed by atoms with Crippen LogP contribution in [-0.4, -0.2) is 31.0 Å². The topological polar surface area (TPSA) is 59.8 Å². The van der Waals surface area contributed by atoms with Gasteiger partial charge >= 0.3 is 5.63 Å². The number of hydrogen-bond acceptors (Lipinski definition) is 5. The van der Waals surface area contributed by atoms with E-state index in [1.807, 2.05) is 6.07 Å². The van der Waals surface area contributed by atoms with Crippen LogP contribution in [0.3, 0.4) is 0 Å². The quantitative estimate of drug-likeness (QED) is 0.658. The van der Waals surface area contributed by atoms with E-state index < -0.39 is 5.63 Å². The second kappa shape index (κ2) is 6.96. The molecule has 26 heavy (non-hydrogen) atoms. The van der Waals surface area contributed by atoms with Crippen LogP contribution < -0.4 is 10.4 Å². The molecule has 3 aromatic rings. The average Bonchev–Trinajstić information content (AvgIpc) is 3.21. The number of carbonyl (C=O) groups is 1. The predicted octanol–water partition coefficient (Wildman–Crippen LogP) is 3.88. The SMILES string of the molecule is COc1cccc2cc(C(=O)N3CCC(c4cccs4)CC3)c(=O)oc12. The van der Waals surface area contributed by atoms with Crippen molar-refractivity contribution in [2.75, 3.05) is 20.2 Å². The van der Waals surface area contributed by atoms with Crippen LogP contribution in [-0.2, 0) is 0 Å². The number of nitrogens with zero attached hydrogens (tertiary/aromatic N) is 1. The molecule has 4 rings (SSSR count). The second-order valence-corrected chi connectivity index (χ2v) is 7.39. The fraction of sp³-hybridized carbons (Fsp3) is 0.300. The van der Waals surface area contributed by atoms with Gasteiger partial charge in [-0.05, 0) is 42.3 Å². The smallest absolute Gasteiger partial charge is 0.349 e. The van der Waals surface area contributed by atoms with Gasteiger partial charge in [0.2, 0.25) is 0 Å². The molecule has 0 spiro atoms. The average molecular weight is 369 g/mol. The Balaban J connectivity index is 1.57. The molecule has 0 radical (unpaired) electrons. The molecule has 1 aliphatic rings. The van der Waals surface area contributed by atoms with Gasteiger partial charge in [0, 0.05) is 23.4 Å². The summed E-state index contributed by atoms with van der Waals surface area (Å²) in [7, 11) is 1.52. The molecule has 1 amide bonds. The Morgan fingerprint density at radius 3 is 2.73 bits per heavy atom. The minimum Gasteiger partial charge on any atom is -0.493 e. The van der Waals surface area contributed by atoms with Crippen LogP contribution in [0.5, 0.6) is 5.75 Å². The lowest BCUT2D eigenvalue weighted by molar-refractivity contribution is 0.0709. The number of benzene rings is 1. The highest BCUT2D eigenvalue weighted by Crippen LogP contribution is 2.31. The lowest BCUT2D eigenvalue weighted by Gasteiger charge is -2.31. The van der Waals surface area contributed by atoms with Gasteiger partial charge in [-0.3, -0.25) is 4.79 Å². The third kappa shape index (κ3) is 3.01. The highest BCUT2D eigenvalue weighted by atomic mass is 32.1. The van der Waals surface area contributed by atoms with E-state index >= 15 is 0 Å². The van der Waals surface area contributed by atoms with Crippen molar-refractivity contribution >= 4 is 28.2 Å². The fourth-order valence-corrected chi connectivity index (χ4v) is 4.39. The number of hydrogen-bond donors (Lipinski definition) is 0. The van der Waals surface area contributed by atoms with E-state index in [2.05, 4.69) is 17.5 Å². The molecule has 5 nitrogen and oxygen atoms in total. The molecule has 1 aliphatic heterocycles. The number of piperidine rings is 1. The third-order valence-corrected chi connectivity index (χ3v) is 5.94. The summed E-state index contributed by atoms with van der Waals surface area (Å²) in [4.78, 5) is 28.3. The van der Waals surface area contributed by atoms with Gasteiger partial charge in [0.25, 0.3) is 5.91 Å². The summed E-state index contributed by atoms with van der Waals surface area (Å²) in [6.45, 7) is 1.30. The van der Waals surface area contributed by atoms with Crippen molar-refractivity contribution in [2.45, 2.75) is 18.8 Å². The van der Waals surface area contributed by atoms with Crippen molar-refractivity contribution in [1.82, 2.24) is 4.90 Å². The van der Waals surface area contributed by atoms with Gasteiger partial charge in [0.05, 0.1) is 7.11 Å². The zero-order valence-corrected chi connectivity index (χ0v) is 15.3. The number of rotatable bonds is 3. The lowest BCUT2D eigenvalue weighted by Crippen LogP contribution is -2.39. The monoisotopic (exact) mass is 369 g/mol. The van der Waals surface area contributed by atoms with E-state index in [1.165, 1.54) is 12.0 Å². The van der Waals surface area contributed by atoms with Crippen LogP contribution in [0.15, 0.2) is 51.0 Å². The van der Waals surface area contributed by atoms with Crippen molar-refractivity contribution in [3.8, 4) is 5.75 Å². The maximum absolute atomic E-state index is 12.8. The first kappa shape index (κ1) is 16.8. The molecular formula is C20H19NO4S. The van der Waals surface area contributed by atoms with Gasteiger partial charge in [-0.25, -0.2) is 4.79 Å². The van der Waals surface area contributed by atoms with Crippen LogP contribution in [0.2, 0.25) is 0 Å². The summed E-state index contributed by atoms with van der Waals surface area (Å²) in [6.07, 6.45) is 1.83. The zero-order chi connectivity index (χ0) is 18.1. The zero-order valence-electron chi connectivity index (χ0n) is 14.4.